The van der Waals surface area contributed by atoms with Crippen molar-refractivity contribution in [2.75, 3.05) is 6.61 Å². The van der Waals surface area contributed by atoms with Gasteiger partial charge in [0.25, 0.3) is 0 Å². The molecule has 0 atom stereocenters. The Morgan fingerprint density at radius 2 is 2.06 bits per heavy atom. The number of ether oxygens (including phenoxy) is 1. The highest BCUT2D eigenvalue weighted by molar-refractivity contribution is 5.09. The highest BCUT2D eigenvalue weighted by Gasteiger charge is 2.27. The number of nitrogens with zero attached hydrogens (tertiary/aromatic N) is 2. The lowest BCUT2D eigenvalue weighted by atomic mass is 10.3. The molecule has 7 heteroatoms. The fourth-order valence-electron chi connectivity index (χ4n) is 1.13. The molecule has 90 valence electrons. The Bertz CT molecular complexity index is 354. The molecule has 0 spiro atoms. The maximum Gasteiger partial charge on any atom is 0.411 e. The van der Waals surface area contributed by atoms with Crippen molar-refractivity contribution in [2.45, 2.75) is 26.3 Å². The number of halogens is 3. The van der Waals surface area contributed by atoms with Crippen LogP contribution in [-0.4, -0.2) is 22.8 Å². The summed E-state index contributed by atoms with van der Waals surface area (Å²) in [5.74, 6) is 0.213. The first-order chi connectivity index (χ1) is 7.40. The van der Waals surface area contributed by atoms with Gasteiger partial charge in [0.2, 0.25) is 0 Å². The van der Waals surface area contributed by atoms with Crippen molar-refractivity contribution in [2.24, 2.45) is 5.73 Å². The minimum atomic E-state index is -4.33. The van der Waals surface area contributed by atoms with Crippen molar-refractivity contribution in [3.05, 3.63) is 23.3 Å². The third-order valence-corrected chi connectivity index (χ3v) is 1.66. The number of rotatable bonds is 4. The lowest BCUT2D eigenvalue weighted by Gasteiger charge is -2.08. The topological polar surface area (TPSA) is 61.0 Å². The molecule has 0 unspecified atom stereocenters. The minimum Gasteiger partial charge on any atom is -0.364 e. The van der Waals surface area contributed by atoms with Crippen LogP contribution in [0.3, 0.4) is 0 Å². The zero-order valence-corrected chi connectivity index (χ0v) is 8.71. The number of aromatic nitrogens is 2. The van der Waals surface area contributed by atoms with Gasteiger partial charge in [-0.25, -0.2) is 9.97 Å². The van der Waals surface area contributed by atoms with Gasteiger partial charge in [0.15, 0.2) is 5.82 Å². The lowest BCUT2D eigenvalue weighted by molar-refractivity contribution is -0.177. The van der Waals surface area contributed by atoms with Gasteiger partial charge >= 0.3 is 6.18 Å². The summed E-state index contributed by atoms with van der Waals surface area (Å²) in [6.07, 6.45) is -4.33. The van der Waals surface area contributed by atoms with Crippen molar-refractivity contribution in [1.29, 1.82) is 0 Å². The van der Waals surface area contributed by atoms with E-state index in [1.165, 1.54) is 0 Å². The molecule has 1 aromatic rings. The van der Waals surface area contributed by atoms with Gasteiger partial charge in [-0.05, 0) is 13.0 Å². The minimum absolute atomic E-state index is 0.213. The number of nitrogens with two attached hydrogens (primary N) is 1. The Morgan fingerprint density at radius 3 is 2.62 bits per heavy atom. The number of hydrogen-bond acceptors (Lipinski definition) is 4. The monoisotopic (exact) mass is 235 g/mol. The molecule has 0 amide bonds. The molecule has 0 radical (unpaired) electrons. The molecule has 2 N–H and O–H groups in total. The van der Waals surface area contributed by atoms with Crippen LogP contribution in [0.15, 0.2) is 6.07 Å². The average Bonchev–Trinajstić information content (AvgIpc) is 2.14. The van der Waals surface area contributed by atoms with E-state index < -0.39 is 12.8 Å². The van der Waals surface area contributed by atoms with Gasteiger partial charge in [0.05, 0.1) is 5.69 Å². The van der Waals surface area contributed by atoms with Crippen LogP contribution in [0.1, 0.15) is 17.2 Å². The first kappa shape index (κ1) is 12.9. The van der Waals surface area contributed by atoms with Crippen LogP contribution in [0.5, 0.6) is 0 Å². The van der Waals surface area contributed by atoms with Crippen molar-refractivity contribution in [1.82, 2.24) is 9.97 Å². The molecule has 0 saturated carbocycles. The molecule has 1 heterocycles. The maximum atomic E-state index is 11.8. The zero-order valence-electron chi connectivity index (χ0n) is 8.71. The van der Waals surface area contributed by atoms with E-state index >= 15 is 0 Å². The summed E-state index contributed by atoms with van der Waals surface area (Å²) in [5, 5.41) is 0. The average molecular weight is 235 g/mol. The van der Waals surface area contributed by atoms with E-state index in [2.05, 4.69) is 14.7 Å². The SMILES string of the molecule is Cc1cc(CN)nc(COCC(F)(F)F)n1. The van der Waals surface area contributed by atoms with E-state index in [0.717, 1.165) is 0 Å². The summed E-state index contributed by atoms with van der Waals surface area (Å²) in [6.45, 7) is 0.361. The second-order valence-corrected chi connectivity index (χ2v) is 3.23. The summed E-state index contributed by atoms with van der Waals surface area (Å²) in [7, 11) is 0. The molecular formula is C9H12F3N3O. The second kappa shape index (κ2) is 5.22. The van der Waals surface area contributed by atoms with Crippen molar-refractivity contribution >= 4 is 0 Å². The number of alkyl halides is 3. The van der Waals surface area contributed by atoms with Crippen LogP contribution in [-0.2, 0) is 17.9 Å². The van der Waals surface area contributed by atoms with Crippen LogP contribution >= 0.6 is 0 Å². The summed E-state index contributed by atoms with van der Waals surface area (Å²) in [4.78, 5) is 7.89. The molecule has 1 aromatic heterocycles. The molecule has 0 saturated heterocycles. The van der Waals surface area contributed by atoms with Crippen LogP contribution < -0.4 is 5.73 Å². The quantitative estimate of drug-likeness (QED) is 0.855. The molecule has 1 rings (SSSR count). The standard InChI is InChI=1S/C9H12F3N3O/c1-6-2-7(3-13)15-8(14-6)4-16-5-9(10,11)12/h2H,3-5,13H2,1H3. The molecule has 0 aliphatic carbocycles. The Morgan fingerprint density at radius 1 is 1.38 bits per heavy atom. The second-order valence-electron chi connectivity index (χ2n) is 3.23. The van der Waals surface area contributed by atoms with E-state index in [9.17, 15) is 13.2 Å². The van der Waals surface area contributed by atoms with Crippen LogP contribution in [0.25, 0.3) is 0 Å². The van der Waals surface area contributed by atoms with Crippen molar-refractivity contribution in [3.8, 4) is 0 Å². The molecule has 0 aliphatic rings. The predicted molar refractivity (Wildman–Crippen MR) is 50.4 cm³/mol. The van der Waals surface area contributed by atoms with E-state index in [1.54, 1.807) is 13.0 Å². The fraction of sp³-hybridized carbons (Fsp3) is 0.556. The highest BCUT2D eigenvalue weighted by atomic mass is 19.4. The van der Waals surface area contributed by atoms with Gasteiger partial charge in [-0.3, -0.25) is 0 Å². The number of aryl methyl sites for hydroxylation is 1. The third kappa shape index (κ3) is 4.54. The third-order valence-electron chi connectivity index (χ3n) is 1.66. The van der Waals surface area contributed by atoms with Crippen LogP contribution in [0.4, 0.5) is 13.2 Å². The van der Waals surface area contributed by atoms with E-state index in [1.807, 2.05) is 0 Å². The molecule has 0 aromatic carbocycles. The first-order valence-electron chi connectivity index (χ1n) is 4.58. The van der Waals surface area contributed by atoms with Crippen molar-refractivity contribution in [3.63, 3.8) is 0 Å². The molecular weight excluding hydrogens is 223 g/mol. The Balaban J connectivity index is 2.57. The largest absolute Gasteiger partial charge is 0.411 e. The first-order valence-corrected chi connectivity index (χ1v) is 4.58. The summed E-state index contributed by atoms with van der Waals surface area (Å²) >= 11 is 0. The molecule has 0 aliphatic heterocycles. The van der Waals surface area contributed by atoms with Gasteiger partial charge in [-0.2, -0.15) is 13.2 Å². The summed E-state index contributed by atoms with van der Waals surface area (Å²) in [6, 6.07) is 1.67. The highest BCUT2D eigenvalue weighted by Crippen LogP contribution is 2.15. The van der Waals surface area contributed by atoms with Gasteiger partial charge in [-0.15, -0.1) is 0 Å². The summed E-state index contributed by atoms with van der Waals surface area (Å²) in [5.41, 5.74) is 6.61. The Kier molecular flexibility index (Phi) is 4.19. The van der Waals surface area contributed by atoms with E-state index in [0.29, 0.717) is 11.4 Å². The Labute approximate surface area is 90.6 Å². The molecule has 16 heavy (non-hydrogen) atoms. The maximum absolute atomic E-state index is 11.8. The van der Waals surface area contributed by atoms with Gasteiger partial charge < -0.3 is 10.5 Å². The van der Waals surface area contributed by atoms with Gasteiger partial charge in [0.1, 0.15) is 13.2 Å². The predicted octanol–water partition coefficient (Wildman–Crippen LogP) is 1.32. The van der Waals surface area contributed by atoms with Crippen LogP contribution in [0, 0.1) is 6.92 Å². The summed E-state index contributed by atoms with van der Waals surface area (Å²) < 4.78 is 39.8. The fourth-order valence-corrected chi connectivity index (χ4v) is 1.13. The van der Waals surface area contributed by atoms with Gasteiger partial charge in [0, 0.05) is 12.2 Å². The lowest BCUT2D eigenvalue weighted by Crippen LogP contribution is -2.17. The number of hydrogen-bond donors (Lipinski definition) is 1. The van der Waals surface area contributed by atoms with Gasteiger partial charge in [-0.1, -0.05) is 0 Å². The van der Waals surface area contributed by atoms with Crippen molar-refractivity contribution < 1.29 is 17.9 Å². The normalized spacial score (nSPS) is 11.8. The zero-order chi connectivity index (χ0) is 12.2. The molecule has 4 nitrogen and oxygen atoms in total. The molecule has 0 bridgehead atoms. The van der Waals surface area contributed by atoms with E-state index in [-0.39, 0.29) is 19.0 Å². The van der Waals surface area contributed by atoms with E-state index in [4.69, 9.17) is 5.73 Å². The smallest absolute Gasteiger partial charge is 0.364 e. The Hall–Kier alpha value is -1.21. The molecule has 0 fully saturated rings. The van der Waals surface area contributed by atoms with Crippen LogP contribution in [0.2, 0.25) is 0 Å².